The number of nitrogens with two attached hydrogens (primary N) is 1. The maximum atomic E-state index is 11.7. The van der Waals surface area contributed by atoms with Crippen molar-refractivity contribution in [2.24, 2.45) is 5.73 Å². The van der Waals surface area contributed by atoms with Gasteiger partial charge in [-0.25, -0.2) is 9.59 Å². The lowest BCUT2D eigenvalue weighted by Crippen LogP contribution is -2.54. The van der Waals surface area contributed by atoms with Gasteiger partial charge in [0.1, 0.15) is 6.10 Å². The standard InChI is InChI=1S/C20H18N2O6/c1-11(12-5-3-2-4-6-12)22-9-13(10-22)26-17-15-8-7-14(18(21)23)16(17)28-20(25)19(24)27-15/h2-8,11,13H,9-10H2,1H3,(H2,21,23). The van der Waals surface area contributed by atoms with Crippen molar-refractivity contribution in [2.75, 3.05) is 13.1 Å². The summed E-state index contributed by atoms with van der Waals surface area (Å²) in [5.74, 6) is -3.36. The molecule has 2 aliphatic heterocycles. The van der Waals surface area contributed by atoms with Gasteiger partial charge in [-0.1, -0.05) is 30.3 Å². The molecule has 28 heavy (non-hydrogen) atoms. The van der Waals surface area contributed by atoms with E-state index in [0.29, 0.717) is 13.1 Å². The van der Waals surface area contributed by atoms with Crippen molar-refractivity contribution in [3.63, 3.8) is 0 Å². The molecule has 1 fully saturated rings. The highest BCUT2D eigenvalue weighted by atomic mass is 16.6. The van der Waals surface area contributed by atoms with E-state index < -0.39 is 17.8 Å². The Morgan fingerprint density at radius 2 is 1.79 bits per heavy atom. The van der Waals surface area contributed by atoms with E-state index >= 15 is 0 Å². The number of likely N-dealkylation sites (tertiary alicyclic amines) is 1. The molecule has 2 aliphatic rings. The Bertz CT molecular complexity index is 953. The molecule has 1 atom stereocenters. The van der Waals surface area contributed by atoms with Crippen LogP contribution in [0.2, 0.25) is 0 Å². The largest absolute Gasteiger partial charge is 0.480 e. The number of amides is 1. The van der Waals surface area contributed by atoms with E-state index in [1.807, 2.05) is 18.2 Å². The van der Waals surface area contributed by atoms with Crippen LogP contribution in [0.25, 0.3) is 0 Å². The molecule has 0 aromatic heterocycles. The maximum Gasteiger partial charge on any atom is 0.423 e. The number of nitrogens with zero attached hydrogens (tertiary/aromatic N) is 1. The smallest absolute Gasteiger partial charge is 0.423 e. The van der Waals surface area contributed by atoms with Crippen molar-refractivity contribution >= 4 is 17.8 Å². The van der Waals surface area contributed by atoms with Crippen LogP contribution in [-0.2, 0) is 9.59 Å². The average Bonchev–Trinajstić information content (AvgIpc) is 2.71. The number of primary amides is 1. The van der Waals surface area contributed by atoms with Gasteiger partial charge in [-0.3, -0.25) is 9.69 Å². The molecule has 1 saturated heterocycles. The van der Waals surface area contributed by atoms with E-state index in [-0.39, 0.29) is 35.0 Å². The second-order valence-electron chi connectivity index (χ2n) is 6.69. The lowest BCUT2D eigenvalue weighted by Gasteiger charge is -2.43. The Kier molecular flexibility index (Phi) is 4.48. The van der Waals surface area contributed by atoms with Crippen molar-refractivity contribution in [3.8, 4) is 17.2 Å². The lowest BCUT2D eigenvalue weighted by molar-refractivity contribution is -0.155. The number of carbonyl (C=O) groups is 3. The van der Waals surface area contributed by atoms with Crippen molar-refractivity contribution in [1.82, 2.24) is 4.90 Å². The van der Waals surface area contributed by atoms with Gasteiger partial charge < -0.3 is 19.9 Å². The van der Waals surface area contributed by atoms with Gasteiger partial charge in [0.2, 0.25) is 5.75 Å². The summed E-state index contributed by atoms with van der Waals surface area (Å²) < 4.78 is 15.9. The summed E-state index contributed by atoms with van der Waals surface area (Å²) in [7, 11) is 0. The molecule has 2 heterocycles. The molecule has 2 aromatic carbocycles. The van der Waals surface area contributed by atoms with E-state index in [9.17, 15) is 14.4 Å². The summed E-state index contributed by atoms with van der Waals surface area (Å²) >= 11 is 0. The number of benzene rings is 2. The quantitative estimate of drug-likeness (QED) is 0.473. The zero-order valence-corrected chi connectivity index (χ0v) is 15.1. The van der Waals surface area contributed by atoms with Gasteiger partial charge in [-0.15, -0.1) is 0 Å². The minimum atomic E-state index is -1.23. The Labute approximate surface area is 160 Å². The number of carbonyl (C=O) groups excluding carboxylic acids is 3. The normalized spacial score (nSPS) is 17.8. The van der Waals surface area contributed by atoms with Crippen LogP contribution in [0, 0.1) is 0 Å². The molecule has 0 saturated carbocycles. The first kappa shape index (κ1) is 18.0. The average molecular weight is 382 g/mol. The highest BCUT2D eigenvalue weighted by Gasteiger charge is 2.37. The first-order valence-corrected chi connectivity index (χ1v) is 8.80. The van der Waals surface area contributed by atoms with Gasteiger partial charge in [-0.2, -0.15) is 0 Å². The molecule has 1 unspecified atom stereocenters. The van der Waals surface area contributed by atoms with Crippen LogP contribution < -0.4 is 19.9 Å². The predicted octanol–water partition coefficient (Wildman–Crippen LogP) is 1.43. The predicted molar refractivity (Wildman–Crippen MR) is 97.1 cm³/mol. The van der Waals surface area contributed by atoms with Crippen molar-refractivity contribution in [2.45, 2.75) is 19.1 Å². The molecule has 1 amide bonds. The first-order valence-electron chi connectivity index (χ1n) is 8.80. The highest BCUT2D eigenvalue weighted by Crippen LogP contribution is 2.43. The third-order valence-corrected chi connectivity index (χ3v) is 4.90. The zero-order valence-electron chi connectivity index (χ0n) is 15.1. The fourth-order valence-electron chi connectivity index (χ4n) is 3.28. The Morgan fingerprint density at radius 3 is 2.46 bits per heavy atom. The lowest BCUT2D eigenvalue weighted by atomic mass is 10.0. The van der Waals surface area contributed by atoms with E-state index in [2.05, 4.69) is 24.0 Å². The molecule has 0 spiro atoms. The van der Waals surface area contributed by atoms with Crippen LogP contribution in [0.5, 0.6) is 17.2 Å². The summed E-state index contributed by atoms with van der Waals surface area (Å²) in [5.41, 5.74) is 6.49. The maximum absolute atomic E-state index is 11.7. The van der Waals surface area contributed by atoms with Gasteiger partial charge in [0.25, 0.3) is 5.91 Å². The van der Waals surface area contributed by atoms with Gasteiger partial charge in [0.15, 0.2) is 11.5 Å². The molecule has 144 valence electrons. The van der Waals surface area contributed by atoms with Gasteiger partial charge in [-0.05, 0) is 24.6 Å². The second kappa shape index (κ2) is 6.97. The molecule has 2 N–H and O–H groups in total. The van der Waals surface area contributed by atoms with Gasteiger partial charge >= 0.3 is 11.9 Å². The van der Waals surface area contributed by atoms with Gasteiger partial charge in [0, 0.05) is 19.1 Å². The summed E-state index contributed by atoms with van der Waals surface area (Å²) in [6.45, 7) is 3.35. The molecule has 0 aliphatic carbocycles. The second-order valence-corrected chi connectivity index (χ2v) is 6.69. The molecule has 8 heteroatoms. The van der Waals surface area contributed by atoms with Gasteiger partial charge in [0.05, 0.1) is 5.56 Å². The van der Waals surface area contributed by atoms with Crippen LogP contribution >= 0.6 is 0 Å². The zero-order chi connectivity index (χ0) is 19.8. The number of ether oxygens (including phenoxy) is 3. The Hall–Kier alpha value is -3.39. The fourth-order valence-corrected chi connectivity index (χ4v) is 3.28. The fraction of sp³-hybridized carbons (Fsp3) is 0.250. The number of hydrogen-bond donors (Lipinski definition) is 1. The van der Waals surface area contributed by atoms with Crippen molar-refractivity contribution < 1.29 is 28.6 Å². The molecule has 4 rings (SSSR count). The van der Waals surface area contributed by atoms with Crippen LogP contribution in [0.3, 0.4) is 0 Å². The first-order chi connectivity index (χ1) is 13.4. The third-order valence-electron chi connectivity index (χ3n) is 4.90. The minimum Gasteiger partial charge on any atom is -0.480 e. The monoisotopic (exact) mass is 382 g/mol. The van der Waals surface area contributed by atoms with E-state index in [0.717, 1.165) is 0 Å². The Morgan fingerprint density at radius 1 is 1.11 bits per heavy atom. The van der Waals surface area contributed by atoms with Crippen LogP contribution in [0.4, 0.5) is 0 Å². The summed E-state index contributed by atoms with van der Waals surface area (Å²) in [6, 6.07) is 13.0. The third kappa shape index (κ3) is 3.18. The highest BCUT2D eigenvalue weighted by molar-refractivity contribution is 6.31. The summed E-state index contributed by atoms with van der Waals surface area (Å²) in [5, 5.41) is 0. The number of rotatable bonds is 5. The van der Waals surface area contributed by atoms with Crippen LogP contribution in [0.15, 0.2) is 42.5 Å². The van der Waals surface area contributed by atoms with E-state index in [1.54, 1.807) is 0 Å². The number of esters is 2. The van der Waals surface area contributed by atoms with Crippen LogP contribution in [-0.4, -0.2) is 41.9 Å². The molecule has 0 radical (unpaired) electrons. The van der Waals surface area contributed by atoms with E-state index in [4.69, 9.17) is 19.9 Å². The molecule has 2 aromatic rings. The summed E-state index contributed by atoms with van der Waals surface area (Å²) in [4.78, 5) is 37.3. The van der Waals surface area contributed by atoms with E-state index in [1.165, 1.54) is 17.7 Å². The minimum absolute atomic E-state index is 0.0189. The van der Waals surface area contributed by atoms with Crippen molar-refractivity contribution in [3.05, 3.63) is 53.6 Å². The molecular formula is C20H18N2O6. The van der Waals surface area contributed by atoms with Crippen molar-refractivity contribution in [1.29, 1.82) is 0 Å². The topological polar surface area (TPSA) is 108 Å². The SMILES string of the molecule is CC(c1ccccc1)N1CC(Oc2c3ccc(C(N)=O)c2OC(=O)C(=O)O3)C1. The summed E-state index contributed by atoms with van der Waals surface area (Å²) in [6.07, 6.45) is -0.220. The molecule has 8 nitrogen and oxygen atoms in total. The number of fused-ring (bicyclic) bond motifs is 2. The molecule has 2 bridgehead atoms. The van der Waals surface area contributed by atoms with Crippen LogP contribution in [0.1, 0.15) is 28.9 Å². The Balaban J connectivity index is 1.53. The molecular weight excluding hydrogens is 364 g/mol. The number of hydrogen-bond acceptors (Lipinski definition) is 7.